The number of fused-ring (bicyclic) bond motifs is 1. The summed E-state index contributed by atoms with van der Waals surface area (Å²) in [4.78, 5) is 36.9. The number of hydrogen-bond donors (Lipinski definition) is 1. The van der Waals surface area contributed by atoms with Gasteiger partial charge in [-0.1, -0.05) is 24.3 Å². The van der Waals surface area contributed by atoms with E-state index in [1.807, 2.05) is 0 Å². The van der Waals surface area contributed by atoms with Crippen molar-refractivity contribution in [1.82, 2.24) is 4.90 Å². The predicted molar refractivity (Wildman–Crippen MR) is 89.8 cm³/mol. The average molecular weight is 339 g/mol. The third-order valence-electron chi connectivity index (χ3n) is 3.95. The highest BCUT2D eigenvalue weighted by Crippen LogP contribution is 2.22. The number of imide groups is 1. The average Bonchev–Trinajstić information content (AvgIpc) is 2.85. The maximum atomic E-state index is 12.3. The second-order valence-corrected chi connectivity index (χ2v) is 5.82. The predicted octanol–water partition coefficient (Wildman–Crippen LogP) is 1.93. The quantitative estimate of drug-likeness (QED) is 0.642. The molecular weight excluding hydrogens is 322 g/mol. The third-order valence-corrected chi connectivity index (χ3v) is 3.95. The van der Waals surface area contributed by atoms with Crippen LogP contribution in [0.4, 0.5) is 0 Å². The van der Waals surface area contributed by atoms with Crippen molar-refractivity contribution in [3.05, 3.63) is 65.2 Å². The molecule has 2 aromatic carbocycles. The fourth-order valence-electron chi connectivity index (χ4n) is 2.67. The van der Waals surface area contributed by atoms with Gasteiger partial charge in [0.05, 0.1) is 17.7 Å². The summed E-state index contributed by atoms with van der Waals surface area (Å²) >= 11 is 0. The Bertz CT molecular complexity index is 810. The van der Waals surface area contributed by atoms with Crippen molar-refractivity contribution in [3.8, 4) is 5.75 Å². The molecule has 3 rings (SSSR count). The molecule has 6 heteroatoms. The molecule has 25 heavy (non-hydrogen) atoms. The van der Waals surface area contributed by atoms with Crippen LogP contribution < -0.4 is 4.74 Å². The SMILES string of the molecule is CC(=O)c1cccc(OC[C@H](O)CN2C(=O)c3ccccc3C2=O)c1. The lowest BCUT2D eigenvalue weighted by Crippen LogP contribution is -2.39. The lowest BCUT2D eigenvalue weighted by molar-refractivity contribution is 0.0456. The zero-order chi connectivity index (χ0) is 18.0. The van der Waals surface area contributed by atoms with Crippen LogP contribution in [-0.2, 0) is 0 Å². The largest absolute Gasteiger partial charge is 0.491 e. The Kier molecular flexibility index (Phi) is 4.63. The normalized spacial score (nSPS) is 14.4. The topological polar surface area (TPSA) is 83.9 Å². The lowest BCUT2D eigenvalue weighted by Gasteiger charge is -2.19. The minimum atomic E-state index is -1.04. The van der Waals surface area contributed by atoms with Gasteiger partial charge in [0, 0.05) is 5.56 Å². The molecule has 1 N–H and O–H groups in total. The second-order valence-electron chi connectivity index (χ2n) is 5.82. The van der Waals surface area contributed by atoms with Crippen LogP contribution in [0.3, 0.4) is 0 Å². The number of β-amino-alcohol motifs (C(OH)–C–C–N with tert-alkyl or cyclic N) is 1. The van der Waals surface area contributed by atoms with E-state index in [4.69, 9.17) is 4.74 Å². The number of amides is 2. The molecule has 1 aliphatic rings. The van der Waals surface area contributed by atoms with Crippen LogP contribution in [0.5, 0.6) is 5.75 Å². The van der Waals surface area contributed by atoms with E-state index < -0.39 is 17.9 Å². The first-order valence-electron chi connectivity index (χ1n) is 7.84. The number of carbonyl (C=O) groups is 3. The Balaban J connectivity index is 1.61. The summed E-state index contributed by atoms with van der Waals surface area (Å²) in [6.07, 6.45) is -1.04. The molecule has 2 amide bonds. The highest BCUT2D eigenvalue weighted by molar-refractivity contribution is 6.21. The number of benzene rings is 2. The van der Waals surface area contributed by atoms with Crippen molar-refractivity contribution in [3.63, 3.8) is 0 Å². The van der Waals surface area contributed by atoms with Crippen molar-refractivity contribution in [2.24, 2.45) is 0 Å². The minimum absolute atomic E-state index is 0.0861. The van der Waals surface area contributed by atoms with Crippen molar-refractivity contribution in [2.45, 2.75) is 13.0 Å². The van der Waals surface area contributed by atoms with Crippen LogP contribution in [-0.4, -0.2) is 46.9 Å². The lowest BCUT2D eigenvalue weighted by atomic mass is 10.1. The molecule has 0 radical (unpaired) electrons. The van der Waals surface area contributed by atoms with Gasteiger partial charge in [0.2, 0.25) is 0 Å². The number of nitrogens with zero attached hydrogens (tertiary/aromatic N) is 1. The molecule has 128 valence electrons. The van der Waals surface area contributed by atoms with Gasteiger partial charge < -0.3 is 9.84 Å². The van der Waals surface area contributed by atoms with Crippen molar-refractivity contribution in [2.75, 3.05) is 13.2 Å². The van der Waals surface area contributed by atoms with E-state index in [1.54, 1.807) is 48.5 Å². The summed E-state index contributed by atoms with van der Waals surface area (Å²) in [5.74, 6) is -0.484. The maximum Gasteiger partial charge on any atom is 0.261 e. The van der Waals surface area contributed by atoms with E-state index in [2.05, 4.69) is 0 Å². The third kappa shape index (κ3) is 3.44. The highest BCUT2D eigenvalue weighted by atomic mass is 16.5. The summed E-state index contributed by atoms with van der Waals surface area (Å²) in [5, 5.41) is 10.1. The fraction of sp³-hybridized carbons (Fsp3) is 0.211. The van der Waals surface area contributed by atoms with Gasteiger partial charge in [0.25, 0.3) is 11.8 Å². The number of carbonyl (C=O) groups excluding carboxylic acids is 3. The summed E-state index contributed by atoms with van der Waals surface area (Å²) in [5.41, 5.74) is 1.19. The Labute approximate surface area is 144 Å². The summed E-state index contributed by atoms with van der Waals surface area (Å²) in [6, 6.07) is 13.2. The molecule has 0 aliphatic carbocycles. The standard InChI is InChI=1S/C19H17NO5/c1-12(21)13-5-4-6-15(9-13)25-11-14(22)10-20-18(23)16-7-2-3-8-17(16)19(20)24/h2-9,14,22H,10-11H2,1H3/t14-/m1/s1. The maximum absolute atomic E-state index is 12.3. The summed E-state index contributed by atoms with van der Waals surface area (Å²) in [7, 11) is 0. The number of rotatable bonds is 6. The van der Waals surface area contributed by atoms with E-state index in [0.717, 1.165) is 4.90 Å². The van der Waals surface area contributed by atoms with Crippen LogP contribution in [0.15, 0.2) is 48.5 Å². The molecule has 0 unspecified atom stereocenters. The van der Waals surface area contributed by atoms with Crippen molar-refractivity contribution >= 4 is 17.6 Å². The first kappa shape index (κ1) is 16.9. The van der Waals surface area contributed by atoms with Gasteiger partial charge in [-0.25, -0.2) is 0 Å². The van der Waals surface area contributed by atoms with E-state index in [-0.39, 0.29) is 18.9 Å². The Morgan fingerprint density at radius 2 is 1.72 bits per heavy atom. The van der Waals surface area contributed by atoms with Gasteiger partial charge in [-0.2, -0.15) is 0 Å². The number of hydrogen-bond acceptors (Lipinski definition) is 5. The Morgan fingerprint density at radius 3 is 2.32 bits per heavy atom. The molecule has 0 fully saturated rings. The molecule has 1 heterocycles. The van der Waals surface area contributed by atoms with E-state index in [0.29, 0.717) is 22.4 Å². The van der Waals surface area contributed by atoms with Crippen molar-refractivity contribution in [1.29, 1.82) is 0 Å². The van der Waals surface area contributed by atoms with Gasteiger partial charge in [-0.15, -0.1) is 0 Å². The molecular formula is C19H17NO5. The molecule has 2 aromatic rings. The fourth-order valence-corrected chi connectivity index (χ4v) is 2.67. The van der Waals surface area contributed by atoms with Crippen LogP contribution in [0.25, 0.3) is 0 Å². The molecule has 0 aromatic heterocycles. The number of aliphatic hydroxyl groups is 1. The molecule has 1 aliphatic heterocycles. The Hall–Kier alpha value is -2.99. The first-order valence-corrected chi connectivity index (χ1v) is 7.84. The van der Waals surface area contributed by atoms with Crippen molar-refractivity contribution < 1.29 is 24.2 Å². The van der Waals surface area contributed by atoms with Gasteiger partial charge in [0.1, 0.15) is 18.5 Å². The Morgan fingerprint density at radius 1 is 1.08 bits per heavy atom. The smallest absolute Gasteiger partial charge is 0.261 e. The van der Waals surface area contributed by atoms with Gasteiger partial charge in [-0.05, 0) is 31.2 Å². The van der Waals surface area contributed by atoms with Crippen LogP contribution in [0.1, 0.15) is 38.0 Å². The zero-order valence-electron chi connectivity index (χ0n) is 13.6. The van der Waals surface area contributed by atoms with Crippen LogP contribution in [0, 0.1) is 0 Å². The van der Waals surface area contributed by atoms with E-state index in [1.165, 1.54) is 6.92 Å². The number of Topliss-reactive ketones (excluding diaryl/α,β-unsaturated/α-hetero) is 1. The number of ketones is 1. The first-order chi connectivity index (χ1) is 12.0. The van der Waals surface area contributed by atoms with Gasteiger partial charge in [-0.3, -0.25) is 19.3 Å². The van der Waals surface area contributed by atoms with E-state index >= 15 is 0 Å². The molecule has 1 atom stereocenters. The molecule has 0 saturated carbocycles. The zero-order valence-corrected chi connectivity index (χ0v) is 13.6. The highest BCUT2D eigenvalue weighted by Gasteiger charge is 2.36. The molecule has 0 saturated heterocycles. The van der Waals surface area contributed by atoms with Gasteiger partial charge >= 0.3 is 0 Å². The van der Waals surface area contributed by atoms with Crippen LogP contribution in [0.2, 0.25) is 0 Å². The van der Waals surface area contributed by atoms with Crippen LogP contribution >= 0.6 is 0 Å². The van der Waals surface area contributed by atoms with Gasteiger partial charge in [0.15, 0.2) is 5.78 Å². The number of ether oxygens (including phenoxy) is 1. The molecule has 6 nitrogen and oxygen atoms in total. The number of aliphatic hydroxyl groups excluding tert-OH is 1. The summed E-state index contributed by atoms with van der Waals surface area (Å²) in [6.45, 7) is 1.20. The van der Waals surface area contributed by atoms with E-state index in [9.17, 15) is 19.5 Å². The molecule has 0 spiro atoms. The minimum Gasteiger partial charge on any atom is -0.491 e. The monoisotopic (exact) mass is 339 g/mol. The summed E-state index contributed by atoms with van der Waals surface area (Å²) < 4.78 is 5.47. The molecule has 0 bridgehead atoms. The second kappa shape index (κ2) is 6.86.